The van der Waals surface area contributed by atoms with E-state index in [9.17, 15) is 0 Å². The molecule has 0 radical (unpaired) electrons. The van der Waals surface area contributed by atoms with Gasteiger partial charge in [0.1, 0.15) is 6.79 Å². The third kappa shape index (κ3) is 2.40. The highest BCUT2D eigenvalue weighted by atomic mass is 79.9. The highest BCUT2D eigenvalue weighted by Crippen LogP contribution is 2.29. The molecule has 2 atom stereocenters. The molecule has 0 aliphatic heterocycles. The van der Waals surface area contributed by atoms with Gasteiger partial charge in [-0.15, -0.1) is 0 Å². The van der Waals surface area contributed by atoms with E-state index in [2.05, 4.69) is 15.9 Å². The lowest BCUT2D eigenvalue weighted by Crippen LogP contribution is -2.42. The molecule has 0 aromatic heterocycles. The molecule has 0 spiro atoms. The maximum atomic E-state index is 5.45. The van der Waals surface area contributed by atoms with Crippen LogP contribution in [-0.4, -0.2) is 31.6 Å². The van der Waals surface area contributed by atoms with E-state index in [-0.39, 0.29) is 11.6 Å². The number of halogens is 1. The van der Waals surface area contributed by atoms with Crippen molar-refractivity contribution in [3.8, 4) is 0 Å². The predicted molar refractivity (Wildman–Crippen MR) is 53.7 cm³/mol. The predicted octanol–water partition coefficient (Wildman–Crippen LogP) is 1.84. The lowest BCUT2D eigenvalue weighted by Gasteiger charge is -2.33. The molecular weight excluding hydrogens is 236 g/mol. The summed E-state index contributed by atoms with van der Waals surface area (Å²) in [7, 11) is 3.18. The molecule has 0 amide bonds. The second kappa shape index (κ2) is 4.91. The summed E-state index contributed by atoms with van der Waals surface area (Å²) >= 11 is 3.46. The number of alkyl halides is 1. The first-order chi connectivity index (χ1) is 6.25. The van der Waals surface area contributed by atoms with Gasteiger partial charge in [-0.2, -0.15) is 0 Å². The van der Waals surface area contributed by atoms with Crippen molar-refractivity contribution in [2.45, 2.75) is 10.6 Å². The van der Waals surface area contributed by atoms with Crippen LogP contribution in [0, 0.1) is 0 Å². The Balaban J connectivity index is 2.67. The lowest BCUT2D eigenvalue weighted by molar-refractivity contribution is -0.223. The molecule has 0 heterocycles. The average Bonchev–Trinajstić information content (AvgIpc) is 2.17. The summed E-state index contributed by atoms with van der Waals surface area (Å²) in [5, 5.41) is 0. The summed E-state index contributed by atoms with van der Waals surface area (Å²) in [6, 6.07) is 0. The van der Waals surface area contributed by atoms with Crippen molar-refractivity contribution >= 4 is 15.9 Å². The molecule has 3 nitrogen and oxygen atoms in total. The molecule has 1 aliphatic carbocycles. The van der Waals surface area contributed by atoms with Crippen LogP contribution < -0.4 is 0 Å². The largest absolute Gasteiger partial charge is 0.359 e. The van der Waals surface area contributed by atoms with Crippen LogP contribution in [0.5, 0.6) is 0 Å². The quantitative estimate of drug-likeness (QED) is 0.562. The minimum Gasteiger partial charge on any atom is -0.359 e. The van der Waals surface area contributed by atoms with Gasteiger partial charge in [-0.05, 0) is 6.08 Å². The highest BCUT2D eigenvalue weighted by Gasteiger charge is 2.36. The Kier molecular flexibility index (Phi) is 4.12. The molecule has 1 rings (SSSR count). The zero-order valence-corrected chi connectivity index (χ0v) is 9.28. The fraction of sp³-hybridized carbons (Fsp3) is 0.556. The molecule has 0 aromatic rings. The fourth-order valence-corrected chi connectivity index (χ4v) is 1.74. The minimum atomic E-state index is -0.745. The van der Waals surface area contributed by atoms with E-state index in [0.717, 1.165) is 0 Å². The molecule has 13 heavy (non-hydrogen) atoms. The molecular formula is C9H13BrO3. The van der Waals surface area contributed by atoms with Crippen LogP contribution in [-0.2, 0) is 14.2 Å². The SMILES string of the molecule is COCOC1(OC)C=CC=CC1Br. The number of allylic oxidation sites excluding steroid dienone is 2. The van der Waals surface area contributed by atoms with E-state index < -0.39 is 5.79 Å². The van der Waals surface area contributed by atoms with Gasteiger partial charge in [0.15, 0.2) is 0 Å². The van der Waals surface area contributed by atoms with Gasteiger partial charge in [0.05, 0.1) is 4.83 Å². The topological polar surface area (TPSA) is 27.7 Å². The number of hydrogen-bond acceptors (Lipinski definition) is 3. The van der Waals surface area contributed by atoms with Crippen molar-refractivity contribution in [3.05, 3.63) is 24.3 Å². The summed E-state index contributed by atoms with van der Waals surface area (Å²) in [5.41, 5.74) is 0. The Bertz CT molecular complexity index is 215. The number of ether oxygens (including phenoxy) is 3. The molecule has 0 saturated carbocycles. The maximum absolute atomic E-state index is 5.45. The van der Waals surface area contributed by atoms with Crippen molar-refractivity contribution in [2.24, 2.45) is 0 Å². The standard InChI is InChI=1S/C9H13BrO3/c1-11-7-13-9(12-2)6-4-3-5-8(9)10/h3-6,8H,7H2,1-2H3. The zero-order valence-electron chi connectivity index (χ0n) is 7.70. The summed E-state index contributed by atoms with van der Waals surface area (Å²) in [4.78, 5) is 0.00477. The van der Waals surface area contributed by atoms with Crippen LogP contribution in [0.2, 0.25) is 0 Å². The van der Waals surface area contributed by atoms with E-state index in [4.69, 9.17) is 14.2 Å². The second-order valence-electron chi connectivity index (χ2n) is 2.62. The average molecular weight is 249 g/mol. The third-order valence-corrected chi connectivity index (χ3v) is 2.77. The summed E-state index contributed by atoms with van der Waals surface area (Å²) in [6.45, 7) is 0.202. The fourth-order valence-electron chi connectivity index (χ4n) is 1.10. The van der Waals surface area contributed by atoms with Gasteiger partial charge in [-0.3, -0.25) is 0 Å². The van der Waals surface area contributed by atoms with Gasteiger partial charge < -0.3 is 14.2 Å². The third-order valence-electron chi connectivity index (χ3n) is 1.83. The molecule has 1 aliphatic rings. The number of hydrogen-bond donors (Lipinski definition) is 0. The summed E-state index contributed by atoms with van der Waals surface area (Å²) < 4.78 is 15.6. The Labute approximate surface area is 86.5 Å². The Hall–Kier alpha value is -0.160. The van der Waals surface area contributed by atoms with Crippen LogP contribution in [0.4, 0.5) is 0 Å². The molecule has 74 valence electrons. The molecule has 2 unspecified atom stereocenters. The summed E-state index contributed by atoms with van der Waals surface area (Å²) in [6.07, 6.45) is 7.63. The highest BCUT2D eigenvalue weighted by molar-refractivity contribution is 9.09. The monoisotopic (exact) mass is 248 g/mol. The van der Waals surface area contributed by atoms with Gasteiger partial charge in [0.25, 0.3) is 0 Å². The van der Waals surface area contributed by atoms with Crippen LogP contribution in [0.15, 0.2) is 24.3 Å². The van der Waals surface area contributed by atoms with Gasteiger partial charge >= 0.3 is 0 Å². The van der Waals surface area contributed by atoms with E-state index in [1.54, 1.807) is 14.2 Å². The van der Waals surface area contributed by atoms with E-state index in [1.165, 1.54) is 0 Å². The van der Waals surface area contributed by atoms with Crippen molar-refractivity contribution in [1.82, 2.24) is 0 Å². The van der Waals surface area contributed by atoms with Crippen LogP contribution in [0.1, 0.15) is 0 Å². The number of rotatable bonds is 4. The lowest BCUT2D eigenvalue weighted by atomic mass is 10.1. The Morgan fingerprint density at radius 3 is 2.69 bits per heavy atom. The molecule has 0 saturated heterocycles. The smallest absolute Gasteiger partial charge is 0.206 e. The van der Waals surface area contributed by atoms with Gasteiger partial charge in [-0.25, -0.2) is 0 Å². The zero-order chi connectivity index (χ0) is 9.73. The molecule has 0 N–H and O–H groups in total. The van der Waals surface area contributed by atoms with Gasteiger partial charge in [-0.1, -0.05) is 34.2 Å². The van der Waals surface area contributed by atoms with Crippen LogP contribution >= 0.6 is 15.9 Å². The second-order valence-corrected chi connectivity index (χ2v) is 3.61. The van der Waals surface area contributed by atoms with E-state index in [1.807, 2.05) is 24.3 Å². The first-order valence-electron chi connectivity index (χ1n) is 3.93. The molecule has 4 heteroatoms. The van der Waals surface area contributed by atoms with E-state index in [0.29, 0.717) is 0 Å². The minimum absolute atomic E-state index is 0.00477. The van der Waals surface area contributed by atoms with Crippen molar-refractivity contribution in [3.63, 3.8) is 0 Å². The van der Waals surface area contributed by atoms with Crippen LogP contribution in [0.25, 0.3) is 0 Å². The molecule has 0 bridgehead atoms. The van der Waals surface area contributed by atoms with E-state index >= 15 is 0 Å². The van der Waals surface area contributed by atoms with Crippen LogP contribution in [0.3, 0.4) is 0 Å². The van der Waals surface area contributed by atoms with Crippen molar-refractivity contribution in [2.75, 3.05) is 21.0 Å². The van der Waals surface area contributed by atoms with Gasteiger partial charge in [0, 0.05) is 14.2 Å². The normalized spacial score (nSPS) is 32.4. The molecule has 0 fully saturated rings. The van der Waals surface area contributed by atoms with Crippen molar-refractivity contribution < 1.29 is 14.2 Å². The number of methoxy groups -OCH3 is 2. The Morgan fingerprint density at radius 2 is 2.15 bits per heavy atom. The first kappa shape index (κ1) is 10.9. The first-order valence-corrected chi connectivity index (χ1v) is 4.85. The Morgan fingerprint density at radius 1 is 1.38 bits per heavy atom. The van der Waals surface area contributed by atoms with Gasteiger partial charge in [0.2, 0.25) is 5.79 Å². The van der Waals surface area contributed by atoms with Crippen molar-refractivity contribution in [1.29, 1.82) is 0 Å². The molecule has 0 aromatic carbocycles. The maximum Gasteiger partial charge on any atom is 0.206 e. The summed E-state index contributed by atoms with van der Waals surface area (Å²) in [5.74, 6) is -0.745.